The fourth-order valence-corrected chi connectivity index (χ4v) is 5.69. The molecule has 2 aromatic heterocycles. The van der Waals surface area contributed by atoms with Gasteiger partial charge in [0.05, 0.1) is 24.6 Å². The van der Waals surface area contributed by atoms with Gasteiger partial charge in [0.2, 0.25) is 0 Å². The molecule has 0 aliphatic carbocycles. The third-order valence-electron chi connectivity index (χ3n) is 7.41. The first-order chi connectivity index (χ1) is 17.9. The highest BCUT2D eigenvalue weighted by molar-refractivity contribution is 6.30. The minimum absolute atomic E-state index is 0.0233. The van der Waals surface area contributed by atoms with Crippen LogP contribution in [0, 0.1) is 5.82 Å². The lowest BCUT2D eigenvalue weighted by atomic mass is 10.1. The molecule has 1 amide bonds. The number of methoxy groups -OCH3 is 1. The lowest BCUT2D eigenvalue weighted by Crippen LogP contribution is -2.45. The molecule has 0 N–H and O–H groups in total. The fourth-order valence-electron chi connectivity index (χ4n) is 5.56. The van der Waals surface area contributed by atoms with Crippen LogP contribution in [0.25, 0.3) is 10.9 Å². The van der Waals surface area contributed by atoms with Gasteiger partial charge in [-0.15, -0.1) is 0 Å². The molecule has 0 spiro atoms. The van der Waals surface area contributed by atoms with E-state index in [0.717, 1.165) is 6.04 Å². The van der Waals surface area contributed by atoms with E-state index in [1.54, 1.807) is 4.90 Å². The number of fused-ring (bicyclic) bond motifs is 2. The molecule has 5 heterocycles. The predicted octanol–water partition coefficient (Wildman–Crippen LogP) is 5.07. The van der Waals surface area contributed by atoms with Gasteiger partial charge < -0.3 is 19.3 Å². The lowest BCUT2D eigenvalue weighted by Gasteiger charge is -2.33. The zero-order chi connectivity index (χ0) is 27.8. The van der Waals surface area contributed by atoms with Crippen molar-refractivity contribution in [2.24, 2.45) is 0 Å². The summed E-state index contributed by atoms with van der Waals surface area (Å²) < 4.78 is 25.2. The fraction of sp³-hybridized carbons (Fsp3) is 0.630. The van der Waals surface area contributed by atoms with Crippen molar-refractivity contribution < 1.29 is 18.7 Å². The molecule has 3 saturated heterocycles. The molecule has 11 heteroatoms. The molecule has 2 aromatic rings. The maximum atomic E-state index is 14.5. The molecule has 38 heavy (non-hydrogen) atoms. The van der Waals surface area contributed by atoms with Crippen LogP contribution >= 0.6 is 11.6 Å². The number of halogens is 2. The smallest absolute Gasteiger partial charge is 0.410 e. The van der Waals surface area contributed by atoms with Gasteiger partial charge in [-0.3, -0.25) is 4.90 Å². The highest BCUT2D eigenvalue weighted by atomic mass is 35.5. The first kappa shape index (κ1) is 28.3. The van der Waals surface area contributed by atoms with Gasteiger partial charge in [0.1, 0.15) is 16.9 Å². The van der Waals surface area contributed by atoms with Crippen molar-refractivity contribution in [1.82, 2.24) is 24.8 Å². The lowest BCUT2D eigenvalue weighted by molar-refractivity contribution is 0.0233. The second-order valence-electron chi connectivity index (χ2n) is 11.3. The van der Waals surface area contributed by atoms with Crippen molar-refractivity contribution in [3.05, 3.63) is 29.3 Å². The first-order valence-electron chi connectivity index (χ1n) is 13.1. The minimum Gasteiger partial charge on any atom is -0.467 e. The van der Waals surface area contributed by atoms with E-state index in [1.165, 1.54) is 51.2 Å². The number of aromatic nitrogens is 3. The highest BCUT2D eigenvalue weighted by Crippen LogP contribution is 2.33. The molecule has 3 unspecified atom stereocenters. The van der Waals surface area contributed by atoms with Crippen LogP contribution in [0.15, 0.2) is 18.3 Å². The third-order valence-corrected chi connectivity index (χ3v) is 7.67. The number of amides is 1. The molecule has 9 nitrogen and oxygen atoms in total. The van der Waals surface area contributed by atoms with E-state index >= 15 is 0 Å². The van der Waals surface area contributed by atoms with Crippen molar-refractivity contribution in [1.29, 1.82) is 0 Å². The monoisotopic (exact) mass is 548 g/mol. The Bertz CT molecular complexity index is 1190. The summed E-state index contributed by atoms with van der Waals surface area (Å²) in [5, 5.41) is 0.148. The molecule has 0 saturated carbocycles. The van der Waals surface area contributed by atoms with E-state index in [9.17, 15) is 9.18 Å². The Morgan fingerprint density at radius 2 is 2.00 bits per heavy atom. The van der Waals surface area contributed by atoms with Gasteiger partial charge in [0.15, 0.2) is 11.0 Å². The van der Waals surface area contributed by atoms with Crippen LogP contribution in [-0.2, 0) is 4.74 Å². The Kier molecular flexibility index (Phi) is 8.32. The molecule has 208 valence electrons. The Morgan fingerprint density at radius 1 is 1.26 bits per heavy atom. The van der Waals surface area contributed by atoms with E-state index in [-0.39, 0.29) is 34.9 Å². The minimum atomic E-state index is -0.727. The third kappa shape index (κ3) is 5.96. The molecule has 0 bridgehead atoms. The number of hydrogen-bond donors (Lipinski definition) is 0. The number of hydrogen-bond acceptors (Lipinski definition) is 8. The van der Waals surface area contributed by atoms with Gasteiger partial charge in [-0.25, -0.2) is 14.2 Å². The normalized spacial score (nSPS) is 23.3. The summed E-state index contributed by atoms with van der Waals surface area (Å²) in [6.45, 7) is 14.5. The van der Waals surface area contributed by atoms with Crippen LogP contribution in [0.1, 0.15) is 53.4 Å². The van der Waals surface area contributed by atoms with Crippen molar-refractivity contribution in [2.75, 3.05) is 38.7 Å². The molecule has 3 aliphatic rings. The van der Waals surface area contributed by atoms with E-state index in [2.05, 4.69) is 26.4 Å². The van der Waals surface area contributed by atoms with E-state index in [1.807, 2.05) is 39.6 Å². The number of carbonyl (C=O) groups excluding carboxylic acids is 1. The van der Waals surface area contributed by atoms with Crippen molar-refractivity contribution >= 4 is 34.4 Å². The van der Waals surface area contributed by atoms with Crippen LogP contribution in [-0.4, -0.2) is 88.4 Å². The Morgan fingerprint density at radius 3 is 2.66 bits per heavy atom. The van der Waals surface area contributed by atoms with Gasteiger partial charge in [-0.05, 0) is 59.9 Å². The zero-order valence-corrected chi connectivity index (χ0v) is 23.9. The van der Waals surface area contributed by atoms with E-state index < -0.39 is 11.4 Å². The molecule has 3 fully saturated rings. The van der Waals surface area contributed by atoms with Crippen molar-refractivity contribution in [3.8, 4) is 6.01 Å². The predicted molar refractivity (Wildman–Crippen MR) is 146 cm³/mol. The maximum absolute atomic E-state index is 14.5. The molecule has 0 radical (unpaired) electrons. The molecule has 3 atom stereocenters. The summed E-state index contributed by atoms with van der Waals surface area (Å²) in [5.41, 5.74) is 0.910. The summed E-state index contributed by atoms with van der Waals surface area (Å²) in [4.78, 5) is 31.1. The quantitative estimate of drug-likeness (QED) is 0.388. The van der Waals surface area contributed by atoms with E-state index in [4.69, 9.17) is 21.1 Å². The summed E-state index contributed by atoms with van der Waals surface area (Å²) in [6, 6.07) is 0.702. The molecular formula is C27H38ClFN6O3. The van der Waals surface area contributed by atoms with E-state index in [0.29, 0.717) is 24.2 Å². The van der Waals surface area contributed by atoms with Crippen LogP contribution in [0.4, 0.5) is 15.0 Å². The second kappa shape index (κ2) is 11.2. The molecular weight excluding hydrogens is 511 g/mol. The number of pyridine rings is 1. The SMILES string of the molecule is C=C1CC2CCCN2C1.COc1nc(N(C)C2CCN(C(=O)OC(C)(C)C)C2C)c2cnc(Cl)c(F)c2n1. The van der Waals surface area contributed by atoms with Crippen LogP contribution in [0.2, 0.25) is 5.15 Å². The number of likely N-dealkylation sites (N-methyl/N-ethyl adjacent to an activating group) is 1. The van der Waals surface area contributed by atoms with Crippen LogP contribution in [0.5, 0.6) is 6.01 Å². The largest absolute Gasteiger partial charge is 0.467 e. The summed E-state index contributed by atoms with van der Waals surface area (Å²) in [7, 11) is 3.25. The summed E-state index contributed by atoms with van der Waals surface area (Å²) in [6.07, 6.45) is 5.90. The van der Waals surface area contributed by atoms with Crippen molar-refractivity contribution in [3.63, 3.8) is 0 Å². The highest BCUT2D eigenvalue weighted by Gasteiger charge is 2.39. The number of carbonyl (C=O) groups is 1. The van der Waals surface area contributed by atoms with Crippen molar-refractivity contribution in [2.45, 2.75) is 77.1 Å². The maximum Gasteiger partial charge on any atom is 0.410 e. The second-order valence-corrected chi connectivity index (χ2v) is 11.6. The molecule has 5 rings (SSSR count). The van der Waals surface area contributed by atoms with Gasteiger partial charge in [-0.2, -0.15) is 9.97 Å². The average Bonchev–Trinajstić information content (AvgIpc) is 3.54. The summed E-state index contributed by atoms with van der Waals surface area (Å²) in [5.74, 6) is -0.271. The number of nitrogens with zero attached hydrogens (tertiary/aromatic N) is 6. The van der Waals surface area contributed by atoms with Crippen LogP contribution in [0.3, 0.4) is 0 Å². The number of anilines is 1. The van der Waals surface area contributed by atoms with Gasteiger partial charge in [-0.1, -0.05) is 23.8 Å². The Labute approximate surface area is 229 Å². The number of ether oxygens (including phenoxy) is 2. The van der Waals surface area contributed by atoms with Gasteiger partial charge in [0.25, 0.3) is 0 Å². The number of likely N-dealkylation sites (tertiary alicyclic amines) is 1. The number of rotatable bonds is 3. The van der Waals surface area contributed by atoms with Crippen LogP contribution < -0.4 is 9.64 Å². The van der Waals surface area contributed by atoms with Gasteiger partial charge in [0, 0.05) is 32.4 Å². The Hall–Kier alpha value is -2.72. The average molecular weight is 549 g/mol. The topological polar surface area (TPSA) is 83.9 Å². The zero-order valence-electron chi connectivity index (χ0n) is 23.1. The first-order valence-corrected chi connectivity index (χ1v) is 13.5. The molecule has 3 aliphatic heterocycles. The Balaban J connectivity index is 0.000000311. The molecule has 0 aromatic carbocycles. The van der Waals surface area contributed by atoms with Gasteiger partial charge >= 0.3 is 12.1 Å². The standard InChI is InChI=1S/C19H25ClFN5O3.C8H13N/c1-10-12(7-8-26(10)18(27)29-19(2,3)4)25(5)16-11-9-22-15(20)13(21)14(11)23-17(24-16)28-6;1-7-5-8-3-2-4-9(8)6-7/h9-10,12H,7-8H2,1-6H3;8H,1-6H2. The summed E-state index contributed by atoms with van der Waals surface area (Å²) >= 11 is 5.81.